The molecule has 0 N–H and O–H groups in total. The zero-order valence-electron chi connectivity index (χ0n) is 14.4. The van der Waals surface area contributed by atoms with Gasteiger partial charge in [-0.05, 0) is 50.8 Å². The number of likely N-dealkylation sites (tertiary alicyclic amines) is 1. The molecule has 2 aromatic rings. The van der Waals surface area contributed by atoms with Crippen LogP contribution in [0.5, 0.6) is 0 Å². The maximum atomic E-state index is 13.3. The van der Waals surface area contributed by atoms with Gasteiger partial charge in [0.1, 0.15) is 5.82 Å². The average molecular weight is 333 g/mol. The second-order valence-corrected chi connectivity index (χ2v) is 6.50. The number of nitrogens with zero attached hydrogens (tertiary/aromatic N) is 3. The first-order valence-electron chi connectivity index (χ1n) is 8.40. The molecular formula is C18H24FN3O2. The van der Waals surface area contributed by atoms with E-state index in [0.29, 0.717) is 17.8 Å². The third-order valence-corrected chi connectivity index (χ3v) is 4.77. The topological polar surface area (TPSA) is 51.4 Å². The highest BCUT2D eigenvalue weighted by Gasteiger charge is 2.38. The molecule has 3 atom stereocenters. The van der Waals surface area contributed by atoms with E-state index >= 15 is 0 Å². The molecule has 6 heteroatoms. The molecule has 1 aromatic heterocycles. The monoisotopic (exact) mass is 333 g/mol. The van der Waals surface area contributed by atoms with Crippen LogP contribution < -0.4 is 0 Å². The lowest BCUT2D eigenvalue weighted by molar-refractivity contribution is 0.0992. The van der Waals surface area contributed by atoms with Gasteiger partial charge in [-0.15, -0.1) is 0 Å². The Balaban J connectivity index is 1.68. The van der Waals surface area contributed by atoms with Crippen LogP contribution in [-0.4, -0.2) is 40.8 Å². The first-order chi connectivity index (χ1) is 11.6. The predicted molar refractivity (Wildman–Crippen MR) is 88.1 cm³/mol. The van der Waals surface area contributed by atoms with E-state index in [-0.39, 0.29) is 18.0 Å². The van der Waals surface area contributed by atoms with Gasteiger partial charge in [0.25, 0.3) is 0 Å². The Labute approximate surface area is 141 Å². The Kier molecular flexibility index (Phi) is 5.26. The number of ether oxygens (including phenoxy) is 1. The molecule has 0 unspecified atom stereocenters. The van der Waals surface area contributed by atoms with Crippen LogP contribution in [0, 0.1) is 12.7 Å². The van der Waals surface area contributed by atoms with Gasteiger partial charge < -0.3 is 9.26 Å². The van der Waals surface area contributed by atoms with Crippen LogP contribution in [0.25, 0.3) is 0 Å². The standard InChI is InChI=1S/C18H24FN3O2/c1-12(7-8-14-5-4-6-15(19)9-14)22-11-16(23-3)10-17(22)18-20-13(2)21-24-18/h4-6,9,12,16-17H,7-8,10-11H2,1-3H3/t12-,16-,17-/m1/s1. The number of benzene rings is 1. The van der Waals surface area contributed by atoms with Crippen molar-refractivity contribution in [1.29, 1.82) is 0 Å². The molecular weight excluding hydrogens is 309 g/mol. The van der Waals surface area contributed by atoms with Gasteiger partial charge in [-0.3, -0.25) is 4.90 Å². The Morgan fingerprint density at radius 2 is 2.29 bits per heavy atom. The molecule has 1 aliphatic heterocycles. The maximum absolute atomic E-state index is 13.3. The number of aryl methyl sites for hydroxylation is 2. The van der Waals surface area contributed by atoms with Crippen molar-refractivity contribution >= 4 is 0 Å². The molecule has 0 saturated carbocycles. The van der Waals surface area contributed by atoms with E-state index in [9.17, 15) is 4.39 Å². The molecule has 130 valence electrons. The van der Waals surface area contributed by atoms with E-state index in [2.05, 4.69) is 22.0 Å². The number of hydrogen-bond donors (Lipinski definition) is 0. The zero-order chi connectivity index (χ0) is 17.1. The van der Waals surface area contributed by atoms with Gasteiger partial charge in [0, 0.05) is 19.7 Å². The molecule has 0 spiro atoms. The first-order valence-corrected chi connectivity index (χ1v) is 8.40. The lowest BCUT2D eigenvalue weighted by atomic mass is 10.0. The van der Waals surface area contributed by atoms with Crippen LogP contribution in [0.2, 0.25) is 0 Å². The Morgan fingerprint density at radius 1 is 1.46 bits per heavy atom. The molecule has 0 aliphatic carbocycles. The molecule has 1 saturated heterocycles. The van der Waals surface area contributed by atoms with Crippen molar-refractivity contribution in [3.63, 3.8) is 0 Å². The van der Waals surface area contributed by atoms with Gasteiger partial charge in [0.15, 0.2) is 5.82 Å². The van der Waals surface area contributed by atoms with E-state index in [1.807, 2.05) is 13.0 Å². The van der Waals surface area contributed by atoms with Crippen LogP contribution >= 0.6 is 0 Å². The highest BCUT2D eigenvalue weighted by atomic mass is 19.1. The molecule has 1 fully saturated rings. The van der Waals surface area contributed by atoms with Crippen LogP contribution in [0.3, 0.4) is 0 Å². The van der Waals surface area contributed by atoms with Crippen molar-refractivity contribution in [3.8, 4) is 0 Å². The predicted octanol–water partition coefficient (Wildman–Crippen LogP) is 3.30. The van der Waals surface area contributed by atoms with Crippen molar-refractivity contribution in [2.75, 3.05) is 13.7 Å². The van der Waals surface area contributed by atoms with Crippen molar-refractivity contribution in [2.45, 2.75) is 51.3 Å². The first kappa shape index (κ1) is 17.0. The van der Waals surface area contributed by atoms with Gasteiger partial charge in [-0.2, -0.15) is 4.98 Å². The van der Waals surface area contributed by atoms with Crippen LogP contribution in [0.1, 0.15) is 43.1 Å². The highest BCUT2D eigenvalue weighted by Crippen LogP contribution is 2.35. The Morgan fingerprint density at radius 3 is 2.96 bits per heavy atom. The van der Waals surface area contributed by atoms with Crippen LogP contribution in [0.4, 0.5) is 4.39 Å². The number of halogens is 1. The van der Waals surface area contributed by atoms with Crippen molar-refractivity contribution < 1.29 is 13.7 Å². The van der Waals surface area contributed by atoms with E-state index < -0.39 is 0 Å². The van der Waals surface area contributed by atoms with E-state index in [1.165, 1.54) is 6.07 Å². The molecule has 0 amide bonds. The quantitative estimate of drug-likeness (QED) is 0.812. The fourth-order valence-electron chi connectivity index (χ4n) is 3.40. The minimum Gasteiger partial charge on any atom is -0.380 e. The number of rotatable bonds is 6. The Hall–Kier alpha value is -1.79. The Bertz CT molecular complexity index is 676. The summed E-state index contributed by atoms with van der Waals surface area (Å²) < 4.78 is 24.3. The molecule has 3 rings (SSSR count). The summed E-state index contributed by atoms with van der Waals surface area (Å²) in [5.74, 6) is 1.13. The summed E-state index contributed by atoms with van der Waals surface area (Å²) in [5.41, 5.74) is 1.02. The lowest BCUT2D eigenvalue weighted by Gasteiger charge is -2.28. The molecule has 0 bridgehead atoms. The number of hydrogen-bond acceptors (Lipinski definition) is 5. The smallest absolute Gasteiger partial charge is 0.244 e. The second kappa shape index (κ2) is 7.40. The highest BCUT2D eigenvalue weighted by molar-refractivity contribution is 5.16. The second-order valence-electron chi connectivity index (χ2n) is 6.50. The summed E-state index contributed by atoms with van der Waals surface area (Å²) in [4.78, 5) is 6.76. The third kappa shape index (κ3) is 3.82. The normalized spacial score (nSPS) is 22.8. The average Bonchev–Trinajstić information content (AvgIpc) is 3.18. The SMILES string of the molecule is CO[C@@H]1C[C@H](c2nc(C)no2)N([C@H](C)CCc2cccc(F)c2)C1. The minimum absolute atomic E-state index is 0.0821. The van der Waals surface area contributed by atoms with E-state index in [0.717, 1.165) is 31.4 Å². The molecule has 0 radical (unpaired) electrons. The van der Waals surface area contributed by atoms with Gasteiger partial charge in [-0.25, -0.2) is 4.39 Å². The number of methoxy groups -OCH3 is 1. The summed E-state index contributed by atoms with van der Waals surface area (Å²) in [7, 11) is 1.74. The van der Waals surface area contributed by atoms with Crippen molar-refractivity contribution in [1.82, 2.24) is 15.0 Å². The van der Waals surface area contributed by atoms with E-state index in [4.69, 9.17) is 9.26 Å². The fraction of sp³-hybridized carbons (Fsp3) is 0.556. The maximum Gasteiger partial charge on any atom is 0.244 e. The number of aromatic nitrogens is 2. The van der Waals surface area contributed by atoms with E-state index in [1.54, 1.807) is 19.2 Å². The largest absolute Gasteiger partial charge is 0.380 e. The summed E-state index contributed by atoms with van der Waals surface area (Å²) >= 11 is 0. The van der Waals surface area contributed by atoms with Gasteiger partial charge >= 0.3 is 0 Å². The van der Waals surface area contributed by atoms with Gasteiger partial charge in [-0.1, -0.05) is 17.3 Å². The summed E-state index contributed by atoms with van der Waals surface area (Å²) in [6.45, 7) is 4.86. The van der Waals surface area contributed by atoms with Crippen molar-refractivity contribution in [3.05, 3.63) is 47.4 Å². The zero-order valence-corrected chi connectivity index (χ0v) is 14.4. The third-order valence-electron chi connectivity index (χ3n) is 4.77. The molecule has 24 heavy (non-hydrogen) atoms. The van der Waals surface area contributed by atoms with Crippen LogP contribution in [0.15, 0.2) is 28.8 Å². The minimum atomic E-state index is -0.181. The summed E-state index contributed by atoms with van der Waals surface area (Å²) in [6.07, 6.45) is 2.79. The van der Waals surface area contributed by atoms with Gasteiger partial charge in [0.2, 0.25) is 5.89 Å². The molecule has 5 nitrogen and oxygen atoms in total. The van der Waals surface area contributed by atoms with Gasteiger partial charge in [0.05, 0.1) is 12.1 Å². The lowest BCUT2D eigenvalue weighted by Crippen LogP contribution is -2.34. The fourth-order valence-corrected chi connectivity index (χ4v) is 3.40. The molecule has 1 aliphatic rings. The van der Waals surface area contributed by atoms with Crippen LogP contribution in [-0.2, 0) is 11.2 Å². The summed E-state index contributed by atoms with van der Waals surface area (Å²) in [5, 5.41) is 3.91. The molecule has 2 heterocycles. The summed E-state index contributed by atoms with van der Waals surface area (Å²) in [6, 6.07) is 7.20. The van der Waals surface area contributed by atoms with Crippen molar-refractivity contribution in [2.24, 2.45) is 0 Å². The molecule has 1 aromatic carbocycles.